The summed E-state index contributed by atoms with van der Waals surface area (Å²) in [6, 6.07) is 8.07. The van der Waals surface area contributed by atoms with Gasteiger partial charge in [0.15, 0.2) is 0 Å². The van der Waals surface area contributed by atoms with Gasteiger partial charge in [-0.15, -0.1) is 0 Å². The van der Waals surface area contributed by atoms with Crippen LogP contribution in [0.5, 0.6) is 0 Å². The van der Waals surface area contributed by atoms with Crippen LogP contribution in [0.3, 0.4) is 0 Å². The first-order chi connectivity index (χ1) is 15.1. The van der Waals surface area contributed by atoms with Crippen molar-refractivity contribution in [2.24, 2.45) is 35.5 Å². The molecule has 164 valence electrons. The van der Waals surface area contributed by atoms with E-state index in [-0.39, 0.29) is 23.7 Å². The molecule has 6 atom stereocenters. The molecule has 6 aliphatic rings. The molecule has 6 heteroatoms. The minimum atomic E-state index is -0.0502. The second kappa shape index (κ2) is 7.63. The molecule has 7 rings (SSSR count). The number of anilines is 1. The number of hydrogen-bond donors (Lipinski definition) is 0. The number of unbranched alkanes of at least 4 members (excludes halogenated alkanes) is 1. The number of imide groups is 1. The molecule has 5 nitrogen and oxygen atoms in total. The summed E-state index contributed by atoms with van der Waals surface area (Å²) in [5, 5.41) is 0.784. The van der Waals surface area contributed by atoms with Crippen molar-refractivity contribution in [3.63, 3.8) is 0 Å². The van der Waals surface area contributed by atoms with Crippen molar-refractivity contribution < 1.29 is 9.59 Å². The van der Waals surface area contributed by atoms with Gasteiger partial charge in [0.25, 0.3) is 0 Å². The lowest BCUT2D eigenvalue weighted by Crippen LogP contribution is -2.46. The van der Waals surface area contributed by atoms with Gasteiger partial charge in [0.2, 0.25) is 11.8 Å². The number of amides is 2. The zero-order chi connectivity index (χ0) is 21.1. The molecular weight excluding hydrogens is 410 g/mol. The molecule has 4 aliphatic carbocycles. The zero-order valence-electron chi connectivity index (χ0n) is 17.8. The lowest BCUT2D eigenvalue weighted by atomic mass is 9.63. The Bertz CT molecular complexity index is 889. The molecule has 1 aromatic rings. The quantitative estimate of drug-likeness (QED) is 0.387. The summed E-state index contributed by atoms with van der Waals surface area (Å²) in [7, 11) is 0. The highest BCUT2D eigenvalue weighted by atomic mass is 35.5. The molecule has 2 saturated heterocycles. The van der Waals surface area contributed by atoms with Gasteiger partial charge in [-0.3, -0.25) is 19.4 Å². The van der Waals surface area contributed by atoms with Crippen molar-refractivity contribution in [1.82, 2.24) is 9.80 Å². The molecular formula is C25H30ClN3O2. The van der Waals surface area contributed by atoms with Gasteiger partial charge in [-0.05, 0) is 67.7 Å². The summed E-state index contributed by atoms with van der Waals surface area (Å²) in [6.07, 6.45) is 7.65. The molecule has 2 heterocycles. The molecule has 0 radical (unpaired) electrons. The van der Waals surface area contributed by atoms with Crippen LogP contribution in [0.4, 0.5) is 5.69 Å². The number of halogens is 1. The number of piperazine rings is 1. The molecule has 2 amide bonds. The Morgan fingerprint density at radius 2 is 1.52 bits per heavy atom. The highest BCUT2D eigenvalue weighted by molar-refractivity contribution is 6.30. The van der Waals surface area contributed by atoms with Crippen LogP contribution < -0.4 is 4.90 Å². The molecule has 1 aromatic carbocycles. The lowest BCUT2D eigenvalue weighted by Gasteiger charge is -2.37. The number of likely N-dealkylation sites (tertiary alicyclic amines) is 1. The van der Waals surface area contributed by atoms with E-state index in [4.69, 9.17) is 11.6 Å². The smallest absolute Gasteiger partial charge is 0.233 e. The average Bonchev–Trinajstić information content (AvgIpc) is 3.57. The van der Waals surface area contributed by atoms with E-state index in [1.807, 2.05) is 18.2 Å². The van der Waals surface area contributed by atoms with Crippen molar-refractivity contribution in [3.05, 3.63) is 41.4 Å². The Balaban J connectivity index is 0.970. The molecule has 2 saturated carbocycles. The van der Waals surface area contributed by atoms with Crippen LogP contribution in [0.1, 0.15) is 19.3 Å². The summed E-state index contributed by atoms with van der Waals surface area (Å²) >= 11 is 6.13. The molecule has 0 aromatic heterocycles. The van der Waals surface area contributed by atoms with Gasteiger partial charge < -0.3 is 4.90 Å². The van der Waals surface area contributed by atoms with Crippen LogP contribution in [-0.4, -0.2) is 60.9 Å². The first-order valence-electron chi connectivity index (χ1n) is 11.9. The second-order valence-electron chi connectivity index (χ2n) is 10.00. The van der Waals surface area contributed by atoms with Crippen LogP contribution in [0.25, 0.3) is 0 Å². The number of hydrogen-bond acceptors (Lipinski definition) is 4. The number of nitrogens with zero attached hydrogens (tertiary/aromatic N) is 3. The predicted octanol–water partition coefficient (Wildman–Crippen LogP) is 3.30. The summed E-state index contributed by atoms with van der Waals surface area (Å²) < 4.78 is 0. The third-order valence-electron chi connectivity index (χ3n) is 8.41. The molecule has 4 fully saturated rings. The maximum absolute atomic E-state index is 13.0. The normalized spacial score (nSPS) is 36.2. The fourth-order valence-corrected chi connectivity index (χ4v) is 6.93. The van der Waals surface area contributed by atoms with Crippen LogP contribution in [-0.2, 0) is 9.59 Å². The Labute approximate surface area is 189 Å². The standard InChI is InChI=1S/C25H30ClN3O2/c26-16-4-3-5-17(14-16)28-12-10-27(11-13-28)8-1-2-9-29-24(30)22-18-6-7-19(21-15-20(18)21)23(22)25(29)31/h3-7,14,18-23H,1-2,8-13,15H2. The van der Waals surface area contributed by atoms with E-state index in [1.54, 1.807) is 4.90 Å². The van der Waals surface area contributed by atoms with Gasteiger partial charge in [0.1, 0.15) is 0 Å². The predicted molar refractivity (Wildman–Crippen MR) is 121 cm³/mol. The monoisotopic (exact) mass is 439 g/mol. The maximum Gasteiger partial charge on any atom is 0.233 e. The van der Waals surface area contributed by atoms with Gasteiger partial charge in [-0.25, -0.2) is 0 Å². The first-order valence-corrected chi connectivity index (χ1v) is 12.3. The van der Waals surface area contributed by atoms with Crippen LogP contribution in [0.2, 0.25) is 5.02 Å². The van der Waals surface area contributed by atoms with E-state index in [9.17, 15) is 9.59 Å². The minimum absolute atomic E-state index is 0.0502. The largest absolute Gasteiger partial charge is 0.369 e. The SMILES string of the molecule is O=C1C2C3C=CC(C4CC34)C2C(=O)N1CCCCN1CCN(c2cccc(Cl)c2)CC1. The van der Waals surface area contributed by atoms with Crippen molar-refractivity contribution in [3.8, 4) is 0 Å². The van der Waals surface area contributed by atoms with Crippen LogP contribution in [0.15, 0.2) is 36.4 Å². The Morgan fingerprint density at radius 3 is 2.16 bits per heavy atom. The first kappa shape index (κ1) is 19.8. The fourth-order valence-electron chi connectivity index (χ4n) is 6.75. The molecule has 0 N–H and O–H groups in total. The number of carbonyl (C=O) groups excluding carboxylic acids is 2. The van der Waals surface area contributed by atoms with Crippen molar-refractivity contribution >= 4 is 29.1 Å². The topological polar surface area (TPSA) is 43.9 Å². The minimum Gasteiger partial charge on any atom is -0.369 e. The van der Waals surface area contributed by atoms with E-state index < -0.39 is 0 Å². The summed E-state index contributed by atoms with van der Waals surface area (Å²) in [4.78, 5) is 32.6. The maximum atomic E-state index is 13.0. The van der Waals surface area contributed by atoms with Crippen molar-refractivity contribution in [2.45, 2.75) is 19.3 Å². The van der Waals surface area contributed by atoms with Crippen LogP contribution >= 0.6 is 11.6 Å². The fraction of sp³-hybridized carbons (Fsp3) is 0.600. The summed E-state index contributed by atoms with van der Waals surface area (Å²) in [5.41, 5.74) is 1.20. The third kappa shape index (κ3) is 3.32. The highest BCUT2D eigenvalue weighted by Gasteiger charge is 2.66. The molecule has 31 heavy (non-hydrogen) atoms. The molecule has 6 unspecified atom stereocenters. The summed E-state index contributed by atoms with van der Waals surface area (Å²) in [5.74, 6) is 2.16. The Kier molecular flexibility index (Phi) is 4.87. The van der Waals surface area contributed by atoms with Crippen molar-refractivity contribution in [1.29, 1.82) is 0 Å². The van der Waals surface area contributed by atoms with Gasteiger partial charge in [0.05, 0.1) is 11.8 Å². The number of benzene rings is 1. The van der Waals surface area contributed by atoms with E-state index in [2.05, 4.69) is 28.0 Å². The zero-order valence-corrected chi connectivity index (χ0v) is 18.6. The van der Waals surface area contributed by atoms with E-state index in [0.717, 1.165) is 50.6 Å². The van der Waals surface area contributed by atoms with Gasteiger partial charge in [0, 0.05) is 43.4 Å². The highest BCUT2D eigenvalue weighted by Crippen LogP contribution is 2.65. The number of carbonyl (C=O) groups is 2. The number of allylic oxidation sites excluding steroid dienone is 2. The van der Waals surface area contributed by atoms with Gasteiger partial charge in [-0.2, -0.15) is 0 Å². The molecule has 2 aliphatic heterocycles. The molecule has 0 spiro atoms. The molecule has 2 bridgehead atoms. The Hall–Kier alpha value is -1.85. The van der Waals surface area contributed by atoms with Crippen LogP contribution in [0, 0.1) is 35.5 Å². The third-order valence-corrected chi connectivity index (χ3v) is 8.64. The van der Waals surface area contributed by atoms with E-state index >= 15 is 0 Å². The second-order valence-corrected chi connectivity index (χ2v) is 10.4. The van der Waals surface area contributed by atoms with Gasteiger partial charge in [-0.1, -0.05) is 29.8 Å². The van der Waals surface area contributed by atoms with Crippen molar-refractivity contribution in [2.75, 3.05) is 44.2 Å². The lowest BCUT2D eigenvalue weighted by molar-refractivity contribution is -0.140. The van der Waals surface area contributed by atoms with Gasteiger partial charge >= 0.3 is 0 Å². The number of rotatable bonds is 6. The van der Waals surface area contributed by atoms with E-state index in [0.29, 0.717) is 30.2 Å². The average molecular weight is 440 g/mol. The van der Waals surface area contributed by atoms with E-state index in [1.165, 1.54) is 12.1 Å². The summed E-state index contributed by atoms with van der Waals surface area (Å²) in [6.45, 7) is 5.72. The Morgan fingerprint density at radius 1 is 0.871 bits per heavy atom.